The van der Waals surface area contributed by atoms with Crippen molar-refractivity contribution in [1.29, 1.82) is 0 Å². The molecule has 0 aliphatic rings. The van der Waals surface area contributed by atoms with Gasteiger partial charge < -0.3 is 10.4 Å². The summed E-state index contributed by atoms with van der Waals surface area (Å²) in [6, 6.07) is 5.92. The van der Waals surface area contributed by atoms with E-state index in [2.05, 4.69) is 10.3 Å². The molecule has 2 rings (SSSR count). The molecule has 2 aromatic rings. The Kier molecular flexibility index (Phi) is 6.42. The van der Waals surface area contributed by atoms with Crippen LogP contribution in [0.1, 0.15) is 29.0 Å². The molecule has 0 saturated heterocycles. The highest BCUT2D eigenvalue weighted by Gasteiger charge is 2.18. The lowest BCUT2D eigenvalue weighted by Crippen LogP contribution is -2.18. The number of aromatic nitrogens is 1. The first-order chi connectivity index (χ1) is 10.6. The number of aliphatic hydroxyl groups is 1. The number of nitrogens with zero attached hydrogens (tertiary/aromatic N) is 1. The fourth-order valence-electron chi connectivity index (χ4n) is 1.90. The number of hydrogen-bond donors (Lipinski definition) is 2. The Morgan fingerprint density at radius 3 is 2.95 bits per heavy atom. The lowest BCUT2D eigenvalue weighted by atomic mass is 10.1. The SMILES string of the molecule is Cc1ccc([C@H](C)C(=O)Nc2cnccc2SCCCO)s1. The lowest BCUT2D eigenvalue weighted by Gasteiger charge is -2.13. The maximum atomic E-state index is 12.4. The van der Waals surface area contributed by atoms with E-state index in [9.17, 15) is 4.79 Å². The number of thioether (sulfide) groups is 1. The average molecular weight is 336 g/mol. The van der Waals surface area contributed by atoms with Crippen molar-refractivity contribution in [3.8, 4) is 0 Å². The number of anilines is 1. The van der Waals surface area contributed by atoms with E-state index in [1.54, 1.807) is 35.5 Å². The highest BCUT2D eigenvalue weighted by atomic mass is 32.2. The van der Waals surface area contributed by atoms with Crippen molar-refractivity contribution in [2.45, 2.75) is 31.1 Å². The second-order valence-electron chi connectivity index (χ2n) is 4.96. The molecule has 0 radical (unpaired) electrons. The Morgan fingerprint density at radius 2 is 2.27 bits per heavy atom. The van der Waals surface area contributed by atoms with Crippen molar-refractivity contribution >= 4 is 34.7 Å². The molecule has 118 valence electrons. The fraction of sp³-hybridized carbons (Fsp3) is 0.375. The van der Waals surface area contributed by atoms with Gasteiger partial charge in [0.2, 0.25) is 5.91 Å². The van der Waals surface area contributed by atoms with Gasteiger partial charge in [-0.3, -0.25) is 9.78 Å². The number of carbonyl (C=O) groups is 1. The molecule has 0 aliphatic carbocycles. The minimum Gasteiger partial charge on any atom is -0.396 e. The van der Waals surface area contributed by atoms with Gasteiger partial charge in [0, 0.05) is 33.2 Å². The van der Waals surface area contributed by atoms with E-state index in [1.807, 2.05) is 32.0 Å². The number of amides is 1. The zero-order valence-corrected chi connectivity index (χ0v) is 14.3. The zero-order valence-electron chi connectivity index (χ0n) is 12.7. The minimum atomic E-state index is -0.186. The Labute approximate surface area is 139 Å². The van der Waals surface area contributed by atoms with Crippen molar-refractivity contribution in [3.63, 3.8) is 0 Å². The Bertz CT molecular complexity index is 628. The Hall–Kier alpha value is -1.37. The summed E-state index contributed by atoms with van der Waals surface area (Å²) in [7, 11) is 0. The zero-order chi connectivity index (χ0) is 15.9. The molecule has 6 heteroatoms. The normalized spacial score (nSPS) is 12.1. The van der Waals surface area contributed by atoms with Gasteiger partial charge in [-0.2, -0.15) is 0 Å². The van der Waals surface area contributed by atoms with E-state index >= 15 is 0 Å². The molecule has 2 N–H and O–H groups in total. The van der Waals surface area contributed by atoms with Gasteiger partial charge in [0.25, 0.3) is 0 Å². The quantitative estimate of drug-likeness (QED) is 0.598. The van der Waals surface area contributed by atoms with Gasteiger partial charge >= 0.3 is 0 Å². The van der Waals surface area contributed by atoms with E-state index in [1.165, 1.54) is 4.88 Å². The minimum absolute atomic E-state index is 0.0288. The third kappa shape index (κ3) is 4.56. The van der Waals surface area contributed by atoms with E-state index in [4.69, 9.17) is 5.11 Å². The summed E-state index contributed by atoms with van der Waals surface area (Å²) in [6.45, 7) is 4.12. The molecular weight excluding hydrogens is 316 g/mol. The second kappa shape index (κ2) is 8.31. The number of nitrogens with one attached hydrogen (secondary N) is 1. The number of thiophene rings is 1. The Balaban J connectivity index is 2.04. The van der Waals surface area contributed by atoms with Crippen molar-refractivity contribution < 1.29 is 9.90 Å². The lowest BCUT2D eigenvalue weighted by molar-refractivity contribution is -0.117. The number of hydrogen-bond acceptors (Lipinski definition) is 5. The molecule has 0 fully saturated rings. The van der Waals surface area contributed by atoms with Crippen LogP contribution < -0.4 is 5.32 Å². The maximum Gasteiger partial charge on any atom is 0.232 e. The molecule has 22 heavy (non-hydrogen) atoms. The third-order valence-electron chi connectivity index (χ3n) is 3.18. The standard InChI is InChI=1S/C16H20N2O2S2/c1-11-4-5-14(22-11)12(2)16(20)18-13-10-17-7-6-15(13)21-9-3-8-19/h4-7,10,12,19H,3,8-9H2,1-2H3,(H,18,20)/t12-/m0/s1. The van der Waals surface area contributed by atoms with Gasteiger partial charge in [0.15, 0.2) is 0 Å². The van der Waals surface area contributed by atoms with Crippen LogP contribution >= 0.6 is 23.1 Å². The number of rotatable bonds is 7. The van der Waals surface area contributed by atoms with E-state index < -0.39 is 0 Å². The van der Waals surface area contributed by atoms with Gasteiger partial charge in [-0.25, -0.2) is 0 Å². The van der Waals surface area contributed by atoms with Crippen molar-refractivity contribution in [2.24, 2.45) is 0 Å². The summed E-state index contributed by atoms with van der Waals surface area (Å²) in [5, 5.41) is 11.8. The topological polar surface area (TPSA) is 62.2 Å². The Morgan fingerprint density at radius 1 is 1.45 bits per heavy atom. The first-order valence-electron chi connectivity index (χ1n) is 7.16. The van der Waals surface area contributed by atoms with Crippen LogP contribution in [-0.2, 0) is 4.79 Å². The summed E-state index contributed by atoms with van der Waals surface area (Å²) in [5.41, 5.74) is 0.732. The maximum absolute atomic E-state index is 12.4. The van der Waals surface area contributed by atoms with Crippen LogP contribution in [-0.4, -0.2) is 28.4 Å². The van der Waals surface area contributed by atoms with Gasteiger partial charge in [0.1, 0.15) is 0 Å². The molecule has 0 unspecified atom stereocenters. The van der Waals surface area contributed by atoms with Crippen molar-refractivity contribution in [3.05, 3.63) is 40.3 Å². The average Bonchev–Trinajstić information content (AvgIpc) is 2.95. The smallest absolute Gasteiger partial charge is 0.232 e. The summed E-state index contributed by atoms with van der Waals surface area (Å²) in [5.74, 6) is 0.594. The van der Waals surface area contributed by atoms with E-state index in [0.29, 0.717) is 0 Å². The third-order valence-corrected chi connectivity index (χ3v) is 5.52. The molecule has 1 atom stereocenters. The molecule has 0 spiro atoms. The first kappa shape index (κ1) is 17.0. The fourth-order valence-corrected chi connectivity index (χ4v) is 3.74. The van der Waals surface area contributed by atoms with Crippen LogP contribution in [0.15, 0.2) is 35.5 Å². The number of carbonyl (C=O) groups excluding carboxylic acids is 1. The van der Waals surface area contributed by atoms with Gasteiger partial charge in [0.05, 0.1) is 17.8 Å². The summed E-state index contributed by atoms with van der Waals surface area (Å²) < 4.78 is 0. The highest BCUT2D eigenvalue weighted by Crippen LogP contribution is 2.29. The molecule has 0 aliphatic heterocycles. The predicted molar refractivity (Wildman–Crippen MR) is 92.8 cm³/mol. The van der Waals surface area contributed by atoms with Crippen molar-refractivity contribution in [1.82, 2.24) is 4.98 Å². The van der Waals surface area contributed by atoms with Gasteiger partial charge in [-0.15, -0.1) is 23.1 Å². The molecule has 0 saturated carbocycles. The summed E-state index contributed by atoms with van der Waals surface area (Å²) in [4.78, 5) is 19.8. The molecule has 1 amide bonds. The molecule has 0 bridgehead atoms. The van der Waals surface area contributed by atoms with Crippen LogP contribution in [0.2, 0.25) is 0 Å². The largest absolute Gasteiger partial charge is 0.396 e. The second-order valence-corrected chi connectivity index (χ2v) is 7.41. The molecule has 2 aromatic heterocycles. The van der Waals surface area contributed by atoms with Gasteiger partial charge in [-0.1, -0.05) is 0 Å². The van der Waals surface area contributed by atoms with Crippen LogP contribution in [0.25, 0.3) is 0 Å². The predicted octanol–water partition coefficient (Wildman–Crippen LogP) is 3.67. The van der Waals surface area contributed by atoms with Gasteiger partial charge in [-0.05, 0) is 38.5 Å². The van der Waals surface area contributed by atoms with Crippen LogP contribution in [0.3, 0.4) is 0 Å². The molecular formula is C16H20N2O2S2. The highest BCUT2D eigenvalue weighted by molar-refractivity contribution is 7.99. The summed E-state index contributed by atoms with van der Waals surface area (Å²) in [6.07, 6.45) is 4.11. The van der Waals surface area contributed by atoms with Crippen LogP contribution in [0.5, 0.6) is 0 Å². The number of aryl methyl sites for hydroxylation is 1. The first-order valence-corrected chi connectivity index (χ1v) is 8.97. The summed E-state index contributed by atoms with van der Waals surface area (Å²) >= 11 is 3.26. The van der Waals surface area contributed by atoms with Crippen LogP contribution in [0, 0.1) is 6.92 Å². The number of pyridine rings is 1. The molecule has 2 heterocycles. The number of aliphatic hydroxyl groups excluding tert-OH is 1. The van der Waals surface area contributed by atoms with E-state index in [-0.39, 0.29) is 18.4 Å². The van der Waals surface area contributed by atoms with Crippen LogP contribution in [0.4, 0.5) is 5.69 Å². The monoisotopic (exact) mass is 336 g/mol. The van der Waals surface area contributed by atoms with Crippen molar-refractivity contribution in [2.75, 3.05) is 17.7 Å². The molecule has 4 nitrogen and oxygen atoms in total. The van der Waals surface area contributed by atoms with E-state index in [0.717, 1.165) is 27.6 Å². The molecule has 0 aromatic carbocycles.